The number of Topliss-reactive ketones (excluding diaryl/α,β-unsaturated/α-hetero) is 1. The fourth-order valence-corrected chi connectivity index (χ4v) is 2.14. The van der Waals surface area contributed by atoms with Crippen LogP contribution in [0.1, 0.15) is 29.3 Å². The predicted molar refractivity (Wildman–Crippen MR) is 61.2 cm³/mol. The molecule has 0 N–H and O–H groups in total. The summed E-state index contributed by atoms with van der Waals surface area (Å²) in [6.45, 7) is 3.84. The number of rotatable bonds is 2. The molecule has 0 unspecified atom stereocenters. The Bertz CT molecular complexity index is 345. The number of carbonyl (C=O) groups is 1. The van der Waals surface area contributed by atoms with E-state index in [1.54, 1.807) is 0 Å². The highest BCUT2D eigenvalue weighted by atomic mass is 79.9. The molecule has 0 aliphatic heterocycles. The summed E-state index contributed by atoms with van der Waals surface area (Å²) in [5.74, 6) is 0.163. The van der Waals surface area contributed by atoms with Crippen LogP contribution in [0, 0.1) is 6.92 Å². The second-order valence-electron chi connectivity index (χ2n) is 2.86. The van der Waals surface area contributed by atoms with Crippen LogP contribution in [0.4, 0.5) is 0 Å². The molecule has 70 valence electrons. The lowest BCUT2D eigenvalue weighted by Crippen LogP contribution is -1.99. The molecule has 0 aliphatic carbocycles. The van der Waals surface area contributed by atoms with Gasteiger partial charge >= 0.3 is 0 Å². The molecule has 13 heavy (non-hydrogen) atoms. The second-order valence-corrected chi connectivity index (χ2v) is 4.57. The van der Waals surface area contributed by atoms with Crippen LogP contribution in [-0.4, -0.2) is 5.78 Å². The molecular weight excluding hydrogens is 296 g/mol. The molecular formula is C10H10Br2O. The number of halogens is 2. The number of carbonyl (C=O) groups excluding carboxylic acids is 1. The van der Waals surface area contributed by atoms with E-state index in [1.807, 2.05) is 26.0 Å². The van der Waals surface area contributed by atoms with Crippen LogP contribution in [0.25, 0.3) is 0 Å². The Kier molecular flexibility index (Phi) is 3.68. The molecule has 0 spiro atoms. The minimum absolute atomic E-state index is 0.163. The van der Waals surface area contributed by atoms with E-state index < -0.39 is 0 Å². The summed E-state index contributed by atoms with van der Waals surface area (Å²) in [6, 6.07) is 3.83. The predicted octanol–water partition coefficient (Wildman–Crippen LogP) is 4.11. The normalized spacial score (nSPS) is 10.2. The van der Waals surface area contributed by atoms with Gasteiger partial charge in [0.15, 0.2) is 5.78 Å². The molecule has 0 fully saturated rings. The highest BCUT2D eigenvalue weighted by molar-refractivity contribution is 9.11. The maximum atomic E-state index is 11.5. The largest absolute Gasteiger partial charge is 0.294 e. The molecule has 0 radical (unpaired) electrons. The first kappa shape index (κ1) is 10.9. The summed E-state index contributed by atoms with van der Waals surface area (Å²) in [5, 5.41) is 0. The van der Waals surface area contributed by atoms with E-state index in [9.17, 15) is 4.79 Å². The average molecular weight is 306 g/mol. The van der Waals surface area contributed by atoms with Gasteiger partial charge in [-0.25, -0.2) is 0 Å². The molecule has 0 heterocycles. The highest BCUT2D eigenvalue weighted by Crippen LogP contribution is 2.26. The Balaban J connectivity index is 3.28. The van der Waals surface area contributed by atoms with Crippen LogP contribution < -0.4 is 0 Å². The number of hydrogen-bond donors (Lipinski definition) is 0. The van der Waals surface area contributed by atoms with E-state index in [1.165, 1.54) is 0 Å². The lowest BCUT2D eigenvalue weighted by atomic mass is 10.1. The van der Waals surface area contributed by atoms with Gasteiger partial charge in [0.25, 0.3) is 0 Å². The molecule has 0 saturated carbocycles. The number of benzene rings is 1. The van der Waals surface area contributed by atoms with Crippen molar-refractivity contribution in [2.45, 2.75) is 20.3 Å². The monoisotopic (exact) mass is 304 g/mol. The molecule has 0 amide bonds. The SMILES string of the molecule is CCC(=O)c1cc(Br)cc(C)c1Br. The Labute approximate surface area is 94.8 Å². The van der Waals surface area contributed by atoms with Crippen molar-refractivity contribution < 1.29 is 4.79 Å². The van der Waals surface area contributed by atoms with Crippen LogP contribution in [0.2, 0.25) is 0 Å². The molecule has 0 saturated heterocycles. The first-order chi connectivity index (χ1) is 6.06. The Hall–Kier alpha value is -0.150. The summed E-state index contributed by atoms with van der Waals surface area (Å²) in [7, 11) is 0. The Morgan fingerprint density at radius 1 is 1.38 bits per heavy atom. The van der Waals surface area contributed by atoms with Gasteiger partial charge in [0, 0.05) is 20.9 Å². The van der Waals surface area contributed by atoms with Crippen molar-refractivity contribution in [3.63, 3.8) is 0 Å². The van der Waals surface area contributed by atoms with Crippen LogP contribution in [0.3, 0.4) is 0 Å². The molecule has 1 nitrogen and oxygen atoms in total. The number of hydrogen-bond acceptors (Lipinski definition) is 1. The fraction of sp³-hybridized carbons (Fsp3) is 0.300. The third-order valence-corrected chi connectivity index (χ3v) is 3.35. The summed E-state index contributed by atoms with van der Waals surface area (Å²) < 4.78 is 1.85. The molecule has 0 aliphatic rings. The van der Waals surface area contributed by atoms with Crippen molar-refractivity contribution in [2.24, 2.45) is 0 Å². The van der Waals surface area contributed by atoms with E-state index in [0.29, 0.717) is 6.42 Å². The maximum absolute atomic E-state index is 11.5. The van der Waals surface area contributed by atoms with E-state index in [0.717, 1.165) is 20.1 Å². The average Bonchev–Trinajstić information content (AvgIpc) is 2.10. The minimum Gasteiger partial charge on any atom is -0.294 e. The number of aryl methyl sites for hydroxylation is 1. The van der Waals surface area contributed by atoms with Crippen molar-refractivity contribution in [2.75, 3.05) is 0 Å². The van der Waals surface area contributed by atoms with Gasteiger partial charge in [0.05, 0.1) is 0 Å². The third kappa shape index (κ3) is 2.41. The third-order valence-electron chi connectivity index (χ3n) is 1.84. The minimum atomic E-state index is 0.163. The molecule has 3 heteroatoms. The van der Waals surface area contributed by atoms with Crippen LogP contribution in [-0.2, 0) is 0 Å². The molecule has 1 aromatic rings. The van der Waals surface area contributed by atoms with Crippen LogP contribution in [0.15, 0.2) is 21.1 Å². The molecule has 0 bridgehead atoms. The van der Waals surface area contributed by atoms with Gasteiger partial charge in [-0.15, -0.1) is 0 Å². The van der Waals surface area contributed by atoms with Gasteiger partial charge in [-0.05, 0) is 40.5 Å². The van der Waals surface area contributed by atoms with E-state index in [-0.39, 0.29) is 5.78 Å². The zero-order chi connectivity index (χ0) is 10.0. The standard InChI is InChI=1S/C10H10Br2O/c1-3-9(13)8-5-7(11)4-6(2)10(8)12/h4-5H,3H2,1-2H3. The molecule has 1 aromatic carbocycles. The van der Waals surface area contributed by atoms with Crippen LogP contribution >= 0.6 is 31.9 Å². The zero-order valence-electron chi connectivity index (χ0n) is 7.53. The van der Waals surface area contributed by atoms with E-state index >= 15 is 0 Å². The Morgan fingerprint density at radius 3 is 2.54 bits per heavy atom. The Morgan fingerprint density at radius 2 is 2.00 bits per heavy atom. The van der Waals surface area contributed by atoms with Crippen molar-refractivity contribution >= 4 is 37.6 Å². The number of ketones is 1. The first-order valence-electron chi connectivity index (χ1n) is 4.05. The summed E-state index contributed by atoms with van der Waals surface area (Å²) >= 11 is 6.79. The van der Waals surface area contributed by atoms with Crippen molar-refractivity contribution in [1.29, 1.82) is 0 Å². The van der Waals surface area contributed by atoms with Crippen molar-refractivity contribution in [3.8, 4) is 0 Å². The van der Waals surface area contributed by atoms with Crippen molar-refractivity contribution in [1.82, 2.24) is 0 Å². The lowest BCUT2D eigenvalue weighted by Gasteiger charge is -2.05. The van der Waals surface area contributed by atoms with E-state index in [4.69, 9.17) is 0 Å². The van der Waals surface area contributed by atoms with Gasteiger partial charge in [-0.1, -0.05) is 22.9 Å². The topological polar surface area (TPSA) is 17.1 Å². The summed E-state index contributed by atoms with van der Waals surface area (Å²) in [5.41, 5.74) is 1.83. The molecule has 0 atom stereocenters. The lowest BCUT2D eigenvalue weighted by molar-refractivity contribution is 0.0987. The summed E-state index contributed by atoms with van der Waals surface area (Å²) in [4.78, 5) is 11.5. The van der Waals surface area contributed by atoms with Gasteiger partial charge in [-0.3, -0.25) is 4.79 Å². The maximum Gasteiger partial charge on any atom is 0.163 e. The van der Waals surface area contributed by atoms with E-state index in [2.05, 4.69) is 31.9 Å². The van der Waals surface area contributed by atoms with Gasteiger partial charge in [-0.2, -0.15) is 0 Å². The van der Waals surface area contributed by atoms with Gasteiger partial charge in [0.2, 0.25) is 0 Å². The van der Waals surface area contributed by atoms with Gasteiger partial charge in [0.1, 0.15) is 0 Å². The first-order valence-corrected chi connectivity index (χ1v) is 5.63. The second kappa shape index (κ2) is 4.38. The van der Waals surface area contributed by atoms with Crippen LogP contribution in [0.5, 0.6) is 0 Å². The van der Waals surface area contributed by atoms with Crippen molar-refractivity contribution in [3.05, 3.63) is 32.2 Å². The highest BCUT2D eigenvalue weighted by Gasteiger charge is 2.10. The quantitative estimate of drug-likeness (QED) is 0.751. The molecule has 1 rings (SSSR count). The summed E-state index contributed by atoms with van der Waals surface area (Å²) in [6.07, 6.45) is 0.536. The smallest absolute Gasteiger partial charge is 0.163 e. The van der Waals surface area contributed by atoms with Gasteiger partial charge < -0.3 is 0 Å². The fourth-order valence-electron chi connectivity index (χ4n) is 1.12. The molecule has 0 aromatic heterocycles. The zero-order valence-corrected chi connectivity index (χ0v) is 10.7.